The third-order valence-electron chi connectivity index (χ3n) is 3.84. The Morgan fingerprint density at radius 1 is 1.25 bits per heavy atom. The van der Waals surface area contributed by atoms with Gasteiger partial charge in [0.15, 0.2) is 0 Å². The van der Waals surface area contributed by atoms with Crippen LogP contribution in [-0.4, -0.2) is 18.1 Å². The first-order valence-electron chi connectivity index (χ1n) is 8.02. The third-order valence-corrected chi connectivity index (χ3v) is 4.80. The molecule has 3 rings (SSSR count). The van der Waals surface area contributed by atoms with Crippen LogP contribution in [0.1, 0.15) is 30.0 Å². The lowest BCUT2D eigenvalue weighted by atomic mass is 10.1. The third kappa shape index (κ3) is 3.56. The molecule has 5 heteroatoms. The number of ether oxygens (including phenoxy) is 1. The topological polar surface area (TPSA) is 57.9 Å². The average molecular weight is 337 g/mol. The normalized spacial score (nSPS) is 12.0. The summed E-state index contributed by atoms with van der Waals surface area (Å²) in [6.07, 6.45) is 2.54. The summed E-state index contributed by atoms with van der Waals surface area (Å²) < 4.78 is 6.35. The van der Waals surface area contributed by atoms with E-state index < -0.39 is 0 Å². The smallest absolute Gasteiger partial charge is 0.148 e. The summed E-state index contributed by atoms with van der Waals surface area (Å²) in [6, 6.07) is 14.0. The van der Waals surface area contributed by atoms with Gasteiger partial charge in [0.2, 0.25) is 0 Å². The van der Waals surface area contributed by atoms with Crippen molar-refractivity contribution in [3.63, 3.8) is 0 Å². The van der Waals surface area contributed by atoms with Crippen molar-refractivity contribution in [2.75, 3.05) is 13.1 Å². The first-order chi connectivity index (χ1) is 11.8. The highest BCUT2D eigenvalue weighted by Crippen LogP contribution is 2.33. The van der Waals surface area contributed by atoms with Crippen molar-refractivity contribution in [2.45, 2.75) is 19.4 Å². The van der Waals surface area contributed by atoms with Gasteiger partial charge in [-0.05, 0) is 36.7 Å². The minimum absolute atomic E-state index is 0.00616. The van der Waals surface area contributed by atoms with Crippen LogP contribution in [0.25, 0.3) is 10.8 Å². The molecule has 0 radical (unpaired) electrons. The Bertz CT molecular complexity index is 839. The zero-order valence-corrected chi connectivity index (χ0v) is 14.3. The molecule has 2 heterocycles. The first-order valence-corrected chi connectivity index (χ1v) is 8.90. The Morgan fingerprint density at radius 2 is 2.17 bits per heavy atom. The van der Waals surface area contributed by atoms with E-state index in [4.69, 9.17) is 4.74 Å². The van der Waals surface area contributed by atoms with E-state index in [0.717, 1.165) is 36.0 Å². The van der Waals surface area contributed by atoms with Gasteiger partial charge in [-0.1, -0.05) is 25.1 Å². The first kappa shape index (κ1) is 16.4. The summed E-state index contributed by atoms with van der Waals surface area (Å²) in [6.45, 7) is 3.94. The highest BCUT2D eigenvalue weighted by atomic mass is 32.1. The van der Waals surface area contributed by atoms with Crippen molar-refractivity contribution in [2.24, 2.45) is 0 Å². The van der Waals surface area contributed by atoms with Crippen LogP contribution in [0.2, 0.25) is 0 Å². The second kappa shape index (κ2) is 7.91. The standard InChI is InChI=1S/C19H19N3OS/c1-2-21-10-9-18(19-7-4-12-24-19)23-17-6-3-5-14-15(17)8-11-22-16(14)13-20/h3-8,11-12,18,21H,2,9-10H2,1H3/t18-/m1/s1. The molecule has 0 saturated heterocycles. The number of nitriles is 1. The van der Waals surface area contributed by atoms with Gasteiger partial charge >= 0.3 is 0 Å². The molecule has 0 saturated carbocycles. The van der Waals surface area contributed by atoms with E-state index in [-0.39, 0.29) is 6.10 Å². The van der Waals surface area contributed by atoms with Gasteiger partial charge in [-0.2, -0.15) is 5.26 Å². The Balaban J connectivity index is 1.92. The predicted molar refractivity (Wildman–Crippen MR) is 97.3 cm³/mol. The van der Waals surface area contributed by atoms with E-state index in [1.165, 1.54) is 4.88 Å². The molecule has 0 spiro atoms. The van der Waals surface area contributed by atoms with Crippen LogP contribution >= 0.6 is 11.3 Å². The summed E-state index contributed by atoms with van der Waals surface area (Å²) in [5, 5.41) is 16.4. The van der Waals surface area contributed by atoms with Crippen LogP contribution in [0.5, 0.6) is 5.75 Å². The van der Waals surface area contributed by atoms with E-state index in [9.17, 15) is 5.26 Å². The molecule has 1 atom stereocenters. The fraction of sp³-hybridized carbons (Fsp3) is 0.263. The van der Waals surface area contributed by atoms with Crippen LogP contribution in [0, 0.1) is 11.3 Å². The van der Waals surface area contributed by atoms with Crippen LogP contribution in [0.4, 0.5) is 0 Å². The molecule has 0 aliphatic carbocycles. The summed E-state index contributed by atoms with van der Waals surface area (Å²) in [5.41, 5.74) is 0.429. The molecule has 0 unspecified atom stereocenters. The maximum Gasteiger partial charge on any atom is 0.148 e. The Kier molecular flexibility index (Phi) is 5.42. The number of rotatable bonds is 7. The van der Waals surface area contributed by atoms with Crippen molar-refractivity contribution in [1.29, 1.82) is 5.26 Å². The number of hydrogen-bond donors (Lipinski definition) is 1. The Hall–Kier alpha value is -2.42. The maximum atomic E-state index is 9.24. The molecule has 1 aromatic carbocycles. The molecular formula is C19H19N3OS. The zero-order valence-electron chi connectivity index (χ0n) is 13.5. The predicted octanol–water partition coefficient (Wildman–Crippen LogP) is 4.29. The number of aromatic nitrogens is 1. The summed E-state index contributed by atoms with van der Waals surface area (Å²) in [4.78, 5) is 5.34. The summed E-state index contributed by atoms with van der Waals surface area (Å²) in [5.74, 6) is 0.793. The molecule has 122 valence electrons. The molecule has 0 fully saturated rings. The molecule has 0 aliphatic rings. The quantitative estimate of drug-likeness (QED) is 0.654. The molecule has 0 aliphatic heterocycles. The lowest BCUT2D eigenvalue weighted by Gasteiger charge is -2.19. The Labute approximate surface area is 145 Å². The van der Waals surface area contributed by atoms with Gasteiger partial charge in [0, 0.05) is 28.3 Å². The van der Waals surface area contributed by atoms with E-state index in [1.54, 1.807) is 17.5 Å². The van der Waals surface area contributed by atoms with Crippen LogP contribution < -0.4 is 10.1 Å². The molecule has 4 nitrogen and oxygen atoms in total. The zero-order chi connectivity index (χ0) is 16.8. The van der Waals surface area contributed by atoms with Crippen molar-refractivity contribution in [3.8, 4) is 11.8 Å². The molecule has 3 aromatic rings. The molecule has 0 bridgehead atoms. The lowest BCUT2D eigenvalue weighted by Crippen LogP contribution is -2.19. The Morgan fingerprint density at radius 3 is 2.92 bits per heavy atom. The van der Waals surface area contributed by atoms with Crippen molar-refractivity contribution in [3.05, 3.63) is 58.5 Å². The van der Waals surface area contributed by atoms with Crippen LogP contribution in [0.3, 0.4) is 0 Å². The SMILES string of the molecule is CCNCC[C@@H](Oc1cccc2c(C#N)nccc12)c1cccs1. The van der Waals surface area contributed by atoms with Crippen molar-refractivity contribution < 1.29 is 4.74 Å². The van der Waals surface area contributed by atoms with Gasteiger partial charge in [-0.15, -0.1) is 11.3 Å². The van der Waals surface area contributed by atoms with E-state index in [2.05, 4.69) is 34.7 Å². The maximum absolute atomic E-state index is 9.24. The van der Waals surface area contributed by atoms with Gasteiger partial charge in [-0.3, -0.25) is 0 Å². The van der Waals surface area contributed by atoms with Gasteiger partial charge in [0.05, 0.1) is 0 Å². The van der Waals surface area contributed by atoms with E-state index >= 15 is 0 Å². The fourth-order valence-electron chi connectivity index (χ4n) is 2.67. The molecule has 1 N–H and O–H groups in total. The summed E-state index contributed by atoms with van der Waals surface area (Å²) in [7, 11) is 0. The van der Waals surface area contributed by atoms with E-state index in [0.29, 0.717) is 5.69 Å². The number of nitrogens with zero attached hydrogens (tertiary/aromatic N) is 2. The summed E-state index contributed by atoms with van der Waals surface area (Å²) >= 11 is 1.70. The largest absolute Gasteiger partial charge is 0.484 e. The number of thiophene rings is 1. The number of fused-ring (bicyclic) bond motifs is 1. The van der Waals surface area contributed by atoms with Gasteiger partial charge < -0.3 is 10.1 Å². The van der Waals surface area contributed by atoms with Crippen LogP contribution in [-0.2, 0) is 0 Å². The molecule has 24 heavy (non-hydrogen) atoms. The van der Waals surface area contributed by atoms with Crippen molar-refractivity contribution >= 4 is 22.1 Å². The molecule has 0 amide bonds. The molecular weight excluding hydrogens is 318 g/mol. The number of nitrogens with one attached hydrogen (secondary N) is 1. The monoisotopic (exact) mass is 337 g/mol. The molecule has 2 aromatic heterocycles. The minimum Gasteiger partial charge on any atom is -0.484 e. The minimum atomic E-state index is -0.00616. The lowest BCUT2D eigenvalue weighted by molar-refractivity contribution is 0.200. The highest BCUT2D eigenvalue weighted by Gasteiger charge is 2.16. The highest BCUT2D eigenvalue weighted by molar-refractivity contribution is 7.10. The van der Waals surface area contributed by atoms with Crippen molar-refractivity contribution in [1.82, 2.24) is 10.3 Å². The van der Waals surface area contributed by atoms with E-state index in [1.807, 2.05) is 30.3 Å². The number of hydrogen-bond acceptors (Lipinski definition) is 5. The number of pyridine rings is 1. The second-order valence-corrected chi connectivity index (χ2v) is 6.37. The van der Waals surface area contributed by atoms with Gasteiger partial charge in [0.1, 0.15) is 23.6 Å². The fourth-order valence-corrected chi connectivity index (χ4v) is 3.46. The second-order valence-electron chi connectivity index (χ2n) is 5.39. The average Bonchev–Trinajstić information content (AvgIpc) is 3.15. The van der Waals surface area contributed by atoms with Crippen LogP contribution in [0.15, 0.2) is 48.0 Å². The van der Waals surface area contributed by atoms with Gasteiger partial charge in [-0.25, -0.2) is 4.98 Å². The number of benzene rings is 1. The van der Waals surface area contributed by atoms with Gasteiger partial charge in [0.25, 0.3) is 0 Å².